The molecule has 0 saturated carbocycles. The second kappa shape index (κ2) is 5.94. The van der Waals surface area contributed by atoms with E-state index in [9.17, 15) is 0 Å². The number of ether oxygens (including phenoxy) is 1. The molecule has 0 saturated heterocycles. The van der Waals surface area contributed by atoms with Crippen LogP contribution in [0.25, 0.3) is 0 Å². The molecule has 1 rings (SSSR count). The fraction of sp³-hybridized carbons (Fsp3) is 0.583. The van der Waals surface area contributed by atoms with Crippen LogP contribution in [0.4, 0.5) is 0 Å². The maximum atomic E-state index is 5.81. The van der Waals surface area contributed by atoms with Crippen LogP contribution in [0.15, 0.2) is 24.4 Å². The average molecular weight is 223 g/mol. The highest BCUT2D eigenvalue weighted by atomic mass is 16.5. The largest absolute Gasteiger partial charge is 0.383 e. The maximum absolute atomic E-state index is 5.81. The highest BCUT2D eigenvalue weighted by Crippen LogP contribution is 2.14. The van der Waals surface area contributed by atoms with Crippen molar-refractivity contribution in [3.8, 4) is 0 Å². The van der Waals surface area contributed by atoms with E-state index in [1.165, 1.54) is 0 Å². The SMILES string of the molecule is COCC(C)(CN)N(C)Cc1ccccn1. The molecule has 16 heavy (non-hydrogen) atoms. The van der Waals surface area contributed by atoms with Crippen LogP contribution in [0, 0.1) is 0 Å². The van der Waals surface area contributed by atoms with Gasteiger partial charge in [0.05, 0.1) is 17.8 Å². The normalized spacial score (nSPS) is 15.1. The van der Waals surface area contributed by atoms with Crippen molar-refractivity contribution in [2.24, 2.45) is 5.73 Å². The monoisotopic (exact) mass is 223 g/mol. The van der Waals surface area contributed by atoms with Crippen molar-refractivity contribution < 1.29 is 4.74 Å². The zero-order valence-electron chi connectivity index (χ0n) is 10.3. The number of hydrogen-bond donors (Lipinski definition) is 1. The molecule has 4 heteroatoms. The molecule has 1 atom stereocenters. The van der Waals surface area contributed by atoms with E-state index < -0.39 is 0 Å². The van der Waals surface area contributed by atoms with Gasteiger partial charge >= 0.3 is 0 Å². The van der Waals surface area contributed by atoms with Gasteiger partial charge in [0.15, 0.2) is 0 Å². The molecule has 1 aromatic heterocycles. The summed E-state index contributed by atoms with van der Waals surface area (Å²) in [7, 11) is 3.74. The fourth-order valence-corrected chi connectivity index (χ4v) is 1.56. The molecular weight excluding hydrogens is 202 g/mol. The lowest BCUT2D eigenvalue weighted by Gasteiger charge is -2.37. The second-order valence-electron chi connectivity index (χ2n) is 4.31. The summed E-state index contributed by atoms with van der Waals surface area (Å²) in [6, 6.07) is 5.92. The third-order valence-corrected chi connectivity index (χ3v) is 2.94. The van der Waals surface area contributed by atoms with Gasteiger partial charge in [-0.1, -0.05) is 6.07 Å². The molecule has 0 amide bonds. The molecule has 4 nitrogen and oxygen atoms in total. The van der Waals surface area contributed by atoms with Crippen LogP contribution in [0.1, 0.15) is 12.6 Å². The average Bonchev–Trinajstić information content (AvgIpc) is 2.30. The Morgan fingerprint density at radius 1 is 1.50 bits per heavy atom. The van der Waals surface area contributed by atoms with E-state index in [1.54, 1.807) is 13.3 Å². The lowest BCUT2D eigenvalue weighted by molar-refractivity contribution is 0.0384. The van der Waals surface area contributed by atoms with Crippen molar-refractivity contribution in [1.82, 2.24) is 9.88 Å². The minimum Gasteiger partial charge on any atom is -0.383 e. The molecule has 0 bridgehead atoms. The Balaban J connectivity index is 2.66. The van der Waals surface area contributed by atoms with Crippen molar-refractivity contribution in [3.63, 3.8) is 0 Å². The predicted molar refractivity (Wildman–Crippen MR) is 65.0 cm³/mol. The molecule has 0 spiro atoms. The molecule has 0 aliphatic heterocycles. The quantitative estimate of drug-likeness (QED) is 0.777. The first-order chi connectivity index (χ1) is 7.62. The zero-order chi connectivity index (χ0) is 12.0. The van der Waals surface area contributed by atoms with Crippen molar-refractivity contribution >= 4 is 0 Å². The molecule has 1 aromatic rings. The standard InChI is InChI=1S/C12H21N3O/c1-12(9-13,10-16-3)15(2)8-11-6-4-5-7-14-11/h4-7H,8-10,13H2,1-3H3. The first kappa shape index (κ1) is 13.1. The third kappa shape index (κ3) is 3.27. The van der Waals surface area contributed by atoms with Gasteiger partial charge in [0.2, 0.25) is 0 Å². The number of nitrogens with two attached hydrogens (primary N) is 1. The number of methoxy groups -OCH3 is 1. The summed E-state index contributed by atoms with van der Waals surface area (Å²) in [6.45, 7) is 4.05. The van der Waals surface area contributed by atoms with Crippen LogP contribution in [0.2, 0.25) is 0 Å². The van der Waals surface area contributed by atoms with E-state index in [-0.39, 0.29) is 5.54 Å². The van der Waals surface area contributed by atoms with Gasteiger partial charge in [-0.05, 0) is 26.1 Å². The number of rotatable bonds is 6. The molecule has 1 heterocycles. The van der Waals surface area contributed by atoms with Gasteiger partial charge in [0.25, 0.3) is 0 Å². The van der Waals surface area contributed by atoms with Gasteiger partial charge in [-0.15, -0.1) is 0 Å². The van der Waals surface area contributed by atoms with E-state index in [0.29, 0.717) is 13.2 Å². The van der Waals surface area contributed by atoms with E-state index in [0.717, 1.165) is 12.2 Å². The van der Waals surface area contributed by atoms with Crippen LogP contribution in [0.5, 0.6) is 0 Å². The molecule has 2 N–H and O–H groups in total. The van der Waals surface area contributed by atoms with E-state index in [2.05, 4.69) is 16.8 Å². The van der Waals surface area contributed by atoms with Crippen molar-refractivity contribution in [2.75, 3.05) is 27.3 Å². The fourth-order valence-electron chi connectivity index (χ4n) is 1.56. The van der Waals surface area contributed by atoms with Crippen molar-refractivity contribution in [2.45, 2.75) is 19.0 Å². The number of aromatic nitrogens is 1. The maximum Gasteiger partial charge on any atom is 0.0656 e. The molecule has 0 fully saturated rings. The summed E-state index contributed by atoms with van der Waals surface area (Å²) in [5.74, 6) is 0. The summed E-state index contributed by atoms with van der Waals surface area (Å²) in [5, 5.41) is 0. The topological polar surface area (TPSA) is 51.4 Å². The van der Waals surface area contributed by atoms with Gasteiger partial charge in [0.1, 0.15) is 0 Å². The van der Waals surface area contributed by atoms with Crippen LogP contribution < -0.4 is 5.73 Å². The van der Waals surface area contributed by atoms with Gasteiger partial charge < -0.3 is 10.5 Å². The Hall–Kier alpha value is -0.970. The smallest absolute Gasteiger partial charge is 0.0656 e. The number of hydrogen-bond acceptors (Lipinski definition) is 4. The van der Waals surface area contributed by atoms with Gasteiger partial charge in [0, 0.05) is 26.4 Å². The Bertz CT molecular complexity index is 304. The van der Waals surface area contributed by atoms with Gasteiger partial charge in [-0.25, -0.2) is 0 Å². The van der Waals surface area contributed by atoms with Gasteiger partial charge in [-0.2, -0.15) is 0 Å². The number of pyridine rings is 1. The third-order valence-electron chi connectivity index (χ3n) is 2.94. The lowest BCUT2D eigenvalue weighted by atomic mass is 10.0. The lowest BCUT2D eigenvalue weighted by Crippen LogP contribution is -2.52. The minimum atomic E-state index is -0.147. The summed E-state index contributed by atoms with van der Waals surface area (Å²) in [6.07, 6.45) is 1.80. The minimum absolute atomic E-state index is 0.147. The molecule has 1 unspecified atom stereocenters. The van der Waals surface area contributed by atoms with Crippen molar-refractivity contribution in [1.29, 1.82) is 0 Å². The first-order valence-corrected chi connectivity index (χ1v) is 5.42. The number of likely N-dealkylation sites (N-methyl/N-ethyl adjacent to an activating group) is 1. The van der Waals surface area contributed by atoms with Gasteiger partial charge in [-0.3, -0.25) is 9.88 Å². The summed E-state index contributed by atoms with van der Waals surface area (Å²) >= 11 is 0. The Kier molecular flexibility index (Phi) is 4.86. The highest BCUT2D eigenvalue weighted by Gasteiger charge is 2.27. The van der Waals surface area contributed by atoms with Crippen LogP contribution >= 0.6 is 0 Å². The molecule has 0 aromatic carbocycles. The summed E-state index contributed by atoms with van der Waals surface area (Å²) < 4.78 is 5.21. The second-order valence-corrected chi connectivity index (χ2v) is 4.31. The van der Waals surface area contributed by atoms with E-state index >= 15 is 0 Å². The molecule has 90 valence electrons. The Labute approximate surface area is 97.4 Å². The molecular formula is C12H21N3O. The highest BCUT2D eigenvalue weighted by molar-refractivity contribution is 5.04. The zero-order valence-corrected chi connectivity index (χ0v) is 10.3. The molecule has 0 radical (unpaired) electrons. The van der Waals surface area contributed by atoms with E-state index in [4.69, 9.17) is 10.5 Å². The summed E-state index contributed by atoms with van der Waals surface area (Å²) in [5.41, 5.74) is 6.70. The van der Waals surface area contributed by atoms with Crippen LogP contribution in [-0.2, 0) is 11.3 Å². The van der Waals surface area contributed by atoms with Crippen molar-refractivity contribution in [3.05, 3.63) is 30.1 Å². The van der Waals surface area contributed by atoms with E-state index in [1.807, 2.05) is 25.2 Å². The van der Waals surface area contributed by atoms with Crippen LogP contribution in [-0.4, -0.2) is 42.7 Å². The Morgan fingerprint density at radius 3 is 2.75 bits per heavy atom. The Morgan fingerprint density at radius 2 is 2.25 bits per heavy atom. The van der Waals surface area contributed by atoms with Crippen LogP contribution in [0.3, 0.4) is 0 Å². The first-order valence-electron chi connectivity index (χ1n) is 5.42. The molecule has 0 aliphatic rings. The molecule has 0 aliphatic carbocycles. The number of nitrogens with zero attached hydrogens (tertiary/aromatic N) is 2. The summed E-state index contributed by atoms with van der Waals surface area (Å²) in [4.78, 5) is 6.48. The predicted octanol–water partition coefficient (Wildman–Crippen LogP) is 0.877.